The molecule has 1 heterocycles. The van der Waals surface area contributed by atoms with Crippen LogP contribution in [0.2, 0.25) is 5.02 Å². The maximum Gasteiger partial charge on any atom is 0.339 e. The number of nitrogens with one attached hydrogen (secondary N) is 1. The highest BCUT2D eigenvalue weighted by molar-refractivity contribution is 8.00. The van der Waals surface area contributed by atoms with Crippen LogP contribution in [-0.4, -0.2) is 27.8 Å². The van der Waals surface area contributed by atoms with Gasteiger partial charge in [-0.2, -0.15) is 0 Å². The molecule has 3 aromatic carbocycles. The minimum Gasteiger partial charge on any atom is -0.452 e. The van der Waals surface area contributed by atoms with Gasteiger partial charge in [-0.05, 0) is 55.5 Å². The zero-order chi connectivity index (χ0) is 23.9. The summed E-state index contributed by atoms with van der Waals surface area (Å²) in [5, 5.41) is 11.3. The lowest BCUT2D eigenvalue weighted by Crippen LogP contribution is -2.14. The third-order valence-corrected chi connectivity index (χ3v) is 6.01. The second-order valence-corrected chi connectivity index (χ2v) is 8.74. The maximum absolute atomic E-state index is 12.7. The van der Waals surface area contributed by atoms with E-state index >= 15 is 0 Å². The second kappa shape index (κ2) is 11.0. The molecular formula is C25H20ClN3O4S. The number of amides is 1. The molecule has 1 aromatic heterocycles. The molecule has 0 saturated heterocycles. The molecule has 4 rings (SSSR count). The highest BCUT2D eigenvalue weighted by Crippen LogP contribution is 2.25. The van der Waals surface area contributed by atoms with Gasteiger partial charge in [0.2, 0.25) is 11.8 Å². The van der Waals surface area contributed by atoms with Crippen molar-refractivity contribution in [1.82, 2.24) is 10.2 Å². The summed E-state index contributed by atoms with van der Waals surface area (Å²) in [5.74, 6) is -0.100. The van der Waals surface area contributed by atoms with E-state index in [0.717, 1.165) is 11.3 Å². The lowest BCUT2D eigenvalue weighted by molar-refractivity contribution is -0.113. The van der Waals surface area contributed by atoms with E-state index in [9.17, 15) is 9.59 Å². The highest BCUT2D eigenvalue weighted by Gasteiger charge is 2.16. The van der Waals surface area contributed by atoms with E-state index in [1.807, 2.05) is 31.2 Å². The van der Waals surface area contributed by atoms with Crippen LogP contribution in [0.15, 0.2) is 82.1 Å². The van der Waals surface area contributed by atoms with E-state index < -0.39 is 5.97 Å². The van der Waals surface area contributed by atoms with Gasteiger partial charge in [-0.25, -0.2) is 4.79 Å². The normalized spacial score (nSPS) is 10.6. The minimum absolute atomic E-state index is 0.145. The van der Waals surface area contributed by atoms with E-state index in [2.05, 4.69) is 15.5 Å². The lowest BCUT2D eigenvalue weighted by Gasteiger charge is -2.09. The first kappa shape index (κ1) is 23.5. The number of rotatable bonds is 8. The average molecular weight is 494 g/mol. The maximum atomic E-state index is 12.7. The van der Waals surface area contributed by atoms with Gasteiger partial charge in [-0.3, -0.25) is 4.79 Å². The number of anilines is 1. The number of aryl methyl sites for hydroxylation is 1. The van der Waals surface area contributed by atoms with Crippen LogP contribution in [0, 0.1) is 6.92 Å². The van der Waals surface area contributed by atoms with Crippen LogP contribution in [0.5, 0.6) is 0 Å². The van der Waals surface area contributed by atoms with Crippen LogP contribution >= 0.6 is 23.4 Å². The average Bonchev–Trinajstić information content (AvgIpc) is 3.32. The first-order chi connectivity index (χ1) is 16.5. The molecule has 0 bridgehead atoms. The predicted octanol–water partition coefficient (Wildman–Crippen LogP) is 5.79. The molecule has 1 N–H and O–H groups in total. The number of carbonyl (C=O) groups excluding carboxylic acids is 2. The van der Waals surface area contributed by atoms with Crippen LogP contribution in [0.25, 0.3) is 11.5 Å². The number of thioether (sulfide) groups is 1. The Morgan fingerprint density at radius 2 is 1.74 bits per heavy atom. The molecule has 1 amide bonds. The predicted molar refractivity (Wildman–Crippen MR) is 131 cm³/mol. The zero-order valence-electron chi connectivity index (χ0n) is 18.2. The minimum atomic E-state index is -0.548. The quantitative estimate of drug-likeness (QED) is 0.245. The molecule has 0 radical (unpaired) electrons. The van der Waals surface area contributed by atoms with Crippen LogP contribution in [0.1, 0.15) is 21.8 Å². The van der Waals surface area contributed by atoms with Crippen LogP contribution in [0.3, 0.4) is 0 Å². The first-order valence-corrected chi connectivity index (χ1v) is 11.7. The van der Waals surface area contributed by atoms with Gasteiger partial charge < -0.3 is 14.5 Å². The molecule has 0 saturated carbocycles. The van der Waals surface area contributed by atoms with E-state index in [1.54, 1.807) is 48.5 Å². The molecule has 0 aliphatic carbocycles. The van der Waals surface area contributed by atoms with Gasteiger partial charge in [0.15, 0.2) is 6.61 Å². The molecule has 0 aliphatic heterocycles. The van der Waals surface area contributed by atoms with E-state index in [0.29, 0.717) is 26.9 Å². The Balaban J connectivity index is 1.33. The van der Waals surface area contributed by atoms with Gasteiger partial charge in [0, 0.05) is 21.2 Å². The van der Waals surface area contributed by atoms with Gasteiger partial charge in [0.1, 0.15) is 0 Å². The third kappa shape index (κ3) is 6.24. The highest BCUT2D eigenvalue weighted by atomic mass is 35.5. The number of aromatic nitrogens is 2. The summed E-state index contributed by atoms with van der Waals surface area (Å²) in [6.45, 7) is 1.81. The van der Waals surface area contributed by atoms with Gasteiger partial charge >= 0.3 is 5.97 Å². The van der Waals surface area contributed by atoms with Crippen molar-refractivity contribution in [1.29, 1.82) is 0 Å². The first-order valence-electron chi connectivity index (χ1n) is 10.3. The molecule has 0 spiro atoms. The number of ether oxygens (including phenoxy) is 1. The summed E-state index contributed by atoms with van der Waals surface area (Å²) in [5.41, 5.74) is 2.90. The van der Waals surface area contributed by atoms with Crippen molar-refractivity contribution in [2.75, 3.05) is 11.1 Å². The standard InChI is InChI=1S/C25H20ClN3O4S/c1-16-6-12-19(13-7-16)27-22(30)15-34-21-5-3-2-4-20(21)25(31)32-14-23-28-29-24(33-23)17-8-10-18(26)11-9-17/h2-13H,14-15H2,1H3,(H,27,30). The number of benzene rings is 3. The Labute approximate surface area is 205 Å². The van der Waals surface area contributed by atoms with Crippen molar-refractivity contribution in [3.8, 4) is 11.5 Å². The van der Waals surface area contributed by atoms with Gasteiger partial charge in [-0.15, -0.1) is 22.0 Å². The monoisotopic (exact) mass is 493 g/mol. The smallest absolute Gasteiger partial charge is 0.339 e. The molecule has 172 valence electrons. The third-order valence-electron chi connectivity index (χ3n) is 4.69. The van der Waals surface area contributed by atoms with Crippen LogP contribution in [-0.2, 0) is 16.1 Å². The van der Waals surface area contributed by atoms with Crippen molar-refractivity contribution < 1.29 is 18.7 Å². The molecular weight excluding hydrogens is 474 g/mol. The van der Waals surface area contributed by atoms with Gasteiger partial charge in [0.05, 0.1) is 11.3 Å². The van der Waals surface area contributed by atoms with Crippen molar-refractivity contribution in [3.63, 3.8) is 0 Å². The fourth-order valence-electron chi connectivity index (χ4n) is 2.96. The molecule has 0 fully saturated rings. The second-order valence-electron chi connectivity index (χ2n) is 7.28. The van der Waals surface area contributed by atoms with Crippen molar-refractivity contribution in [3.05, 3.63) is 94.8 Å². The van der Waals surface area contributed by atoms with Crippen molar-refractivity contribution in [2.45, 2.75) is 18.4 Å². The van der Waals surface area contributed by atoms with Crippen LogP contribution < -0.4 is 5.32 Å². The number of hydrogen-bond donors (Lipinski definition) is 1. The van der Waals surface area contributed by atoms with Crippen molar-refractivity contribution in [2.24, 2.45) is 0 Å². The van der Waals surface area contributed by atoms with E-state index in [4.69, 9.17) is 20.8 Å². The molecule has 0 aliphatic rings. The topological polar surface area (TPSA) is 94.3 Å². The summed E-state index contributed by atoms with van der Waals surface area (Å²) in [6, 6.07) is 21.5. The van der Waals surface area contributed by atoms with Crippen LogP contribution in [0.4, 0.5) is 5.69 Å². The van der Waals surface area contributed by atoms with Gasteiger partial charge in [-0.1, -0.05) is 41.4 Å². The molecule has 9 heteroatoms. The molecule has 34 heavy (non-hydrogen) atoms. The Kier molecular flexibility index (Phi) is 7.61. The Morgan fingerprint density at radius 3 is 2.50 bits per heavy atom. The fraction of sp³-hybridized carbons (Fsp3) is 0.120. The van der Waals surface area contributed by atoms with Gasteiger partial charge in [0.25, 0.3) is 5.89 Å². The summed E-state index contributed by atoms with van der Waals surface area (Å²) < 4.78 is 10.9. The van der Waals surface area contributed by atoms with E-state index in [1.165, 1.54) is 11.8 Å². The lowest BCUT2D eigenvalue weighted by atomic mass is 10.2. The number of nitrogens with zero attached hydrogens (tertiary/aromatic N) is 2. The Bertz CT molecular complexity index is 1290. The fourth-order valence-corrected chi connectivity index (χ4v) is 3.93. The Hall–Kier alpha value is -3.62. The number of carbonyl (C=O) groups is 2. The number of esters is 1. The zero-order valence-corrected chi connectivity index (χ0v) is 19.7. The number of hydrogen-bond acceptors (Lipinski definition) is 7. The number of halogens is 1. The summed E-state index contributed by atoms with van der Waals surface area (Å²) >= 11 is 7.15. The Morgan fingerprint density at radius 1 is 1.00 bits per heavy atom. The summed E-state index contributed by atoms with van der Waals surface area (Å²) in [7, 11) is 0. The SMILES string of the molecule is Cc1ccc(NC(=O)CSc2ccccc2C(=O)OCc2nnc(-c3ccc(Cl)cc3)o2)cc1. The molecule has 0 unspecified atom stereocenters. The summed E-state index contributed by atoms with van der Waals surface area (Å²) in [4.78, 5) is 25.6. The molecule has 7 nitrogen and oxygen atoms in total. The summed E-state index contributed by atoms with van der Waals surface area (Å²) in [6.07, 6.45) is 0. The van der Waals surface area contributed by atoms with E-state index in [-0.39, 0.29) is 24.2 Å². The largest absolute Gasteiger partial charge is 0.452 e. The van der Waals surface area contributed by atoms with Crippen molar-refractivity contribution >= 4 is 40.9 Å². The molecule has 0 atom stereocenters. The molecule has 4 aromatic rings.